The molecule has 16 heteroatoms. The molecule has 1 saturated heterocycles. The Hall–Kier alpha value is -4.11. The van der Waals surface area contributed by atoms with Crippen LogP contribution in [0.3, 0.4) is 0 Å². The van der Waals surface area contributed by atoms with Crippen LogP contribution in [-0.2, 0) is 29.1 Å². The number of aromatic nitrogens is 1. The van der Waals surface area contributed by atoms with Crippen molar-refractivity contribution in [1.82, 2.24) is 25.2 Å². The molecule has 0 radical (unpaired) electrons. The molecule has 2 aromatic rings. The molecule has 1 aromatic heterocycles. The SMILES string of the molecule is CCCOc1cc2c(Cl)cccc2c(O[C@@H]2C[C@H]3C(=O)N[C@]4(C(=O)NS(=O)(=O)C5CC5)C[C@H]4/C=C\CC[C@H](C)C[C@@H](C)[C@H](NC(=O)OC(C)(C)C)C(=O)N3C2)n1. The van der Waals surface area contributed by atoms with Crippen LogP contribution in [0.15, 0.2) is 36.4 Å². The summed E-state index contributed by atoms with van der Waals surface area (Å²) in [5, 5.41) is 6.78. The molecule has 3 heterocycles. The zero-order valence-electron chi connectivity index (χ0n) is 32.9. The fourth-order valence-corrected chi connectivity index (χ4v) is 9.24. The molecular weight excluding hydrogens is 762 g/mol. The van der Waals surface area contributed by atoms with E-state index in [4.69, 9.17) is 25.8 Å². The zero-order chi connectivity index (χ0) is 40.6. The molecule has 2 saturated carbocycles. The van der Waals surface area contributed by atoms with E-state index in [1.807, 2.05) is 32.1 Å². The van der Waals surface area contributed by atoms with Gasteiger partial charge in [0, 0.05) is 34.2 Å². The van der Waals surface area contributed by atoms with E-state index in [1.54, 1.807) is 39.0 Å². The summed E-state index contributed by atoms with van der Waals surface area (Å²) in [6.07, 6.45) is 6.16. The molecule has 7 atom stereocenters. The van der Waals surface area contributed by atoms with Gasteiger partial charge in [0.25, 0.3) is 5.91 Å². The monoisotopic (exact) mass is 815 g/mol. The number of sulfonamides is 1. The van der Waals surface area contributed by atoms with Crippen molar-refractivity contribution in [1.29, 1.82) is 0 Å². The Bertz CT molecular complexity index is 1980. The largest absolute Gasteiger partial charge is 0.478 e. The van der Waals surface area contributed by atoms with Crippen molar-refractivity contribution >= 4 is 56.2 Å². The average Bonchev–Trinajstić information content (AvgIpc) is 4.04. The van der Waals surface area contributed by atoms with E-state index in [0.29, 0.717) is 54.0 Å². The molecule has 1 aromatic carbocycles. The van der Waals surface area contributed by atoms with Gasteiger partial charge in [-0.3, -0.25) is 19.1 Å². The number of hydrogen-bond donors (Lipinski definition) is 3. The van der Waals surface area contributed by atoms with Gasteiger partial charge in [-0.05, 0) is 89.7 Å². The third-order valence-electron chi connectivity index (χ3n) is 10.8. The van der Waals surface area contributed by atoms with E-state index < -0.39 is 74.3 Å². The van der Waals surface area contributed by atoms with Crippen LogP contribution in [-0.4, -0.2) is 89.8 Å². The van der Waals surface area contributed by atoms with Crippen LogP contribution in [0.5, 0.6) is 11.8 Å². The van der Waals surface area contributed by atoms with Crippen molar-refractivity contribution in [3.05, 3.63) is 41.4 Å². The lowest BCUT2D eigenvalue weighted by molar-refractivity contribution is -0.142. The Morgan fingerprint density at radius 3 is 2.55 bits per heavy atom. The highest BCUT2D eigenvalue weighted by molar-refractivity contribution is 7.91. The van der Waals surface area contributed by atoms with Crippen molar-refractivity contribution in [2.75, 3.05) is 13.2 Å². The van der Waals surface area contributed by atoms with E-state index in [2.05, 4.69) is 27.3 Å². The minimum Gasteiger partial charge on any atom is -0.478 e. The van der Waals surface area contributed by atoms with Gasteiger partial charge in [0.2, 0.25) is 33.6 Å². The molecule has 3 N–H and O–H groups in total. The Morgan fingerprint density at radius 2 is 1.86 bits per heavy atom. The highest BCUT2D eigenvalue weighted by atomic mass is 35.5. The maximum Gasteiger partial charge on any atom is 0.408 e. The predicted molar refractivity (Wildman–Crippen MR) is 211 cm³/mol. The third-order valence-corrected chi connectivity index (χ3v) is 12.9. The zero-order valence-corrected chi connectivity index (χ0v) is 34.5. The number of ether oxygens (including phenoxy) is 3. The molecule has 4 aliphatic rings. The number of carbonyl (C=O) groups is 4. The normalized spacial score (nSPS) is 29.2. The summed E-state index contributed by atoms with van der Waals surface area (Å²) < 4.78 is 46.0. The van der Waals surface area contributed by atoms with Crippen LogP contribution in [0.4, 0.5) is 4.79 Å². The van der Waals surface area contributed by atoms with Gasteiger partial charge in [-0.25, -0.2) is 13.2 Å². The number of allylic oxidation sites excluding steroid dienone is 1. The lowest BCUT2D eigenvalue weighted by atomic mass is 9.88. The number of nitrogens with zero attached hydrogens (tertiary/aromatic N) is 2. The van der Waals surface area contributed by atoms with Crippen molar-refractivity contribution in [3.8, 4) is 11.8 Å². The maximum absolute atomic E-state index is 14.8. The molecule has 2 aliphatic heterocycles. The van der Waals surface area contributed by atoms with Crippen LogP contribution in [0.1, 0.15) is 92.9 Å². The number of benzene rings is 1. The first kappa shape index (κ1) is 41.5. The topological polar surface area (TPSA) is 182 Å². The van der Waals surface area contributed by atoms with Crippen molar-refractivity contribution in [2.45, 2.75) is 127 Å². The Morgan fingerprint density at radius 1 is 1.11 bits per heavy atom. The molecule has 0 spiro atoms. The number of nitrogens with one attached hydrogen (secondary N) is 3. The number of carbonyl (C=O) groups excluding carboxylic acids is 4. The van der Waals surface area contributed by atoms with E-state index in [9.17, 15) is 27.6 Å². The lowest BCUT2D eigenvalue weighted by Gasteiger charge is -2.33. The number of fused-ring (bicyclic) bond motifs is 3. The Labute approximate surface area is 333 Å². The van der Waals surface area contributed by atoms with E-state index in [-0.39, 0.29) is 37.1 Å². The van der Waals surface area contributed by atoms with Crippen LogP contribution < -0.4 is 24.8 Å². The van der Waals surface area contributed by atoms with Crippen molar-refractivity contribution in [2.24, 2.45) is 17.8 Å². The summed E-state index contributed by atoms with van der Waals surface area (Å²) in [7, 11) is -3.91. The standard InChI is InChI=1S/C40H54ClN5O9S/c1-7-17-53-32-20-29-28(13-10-14-30(29)41)35(42-32)54-26-19-31-34(47)44-40(37(49)45-56(51,52)27-15-16-27)21-25(40)12-9-8-11-23(2)18-24(3)33(36(48)46(31)22-26)43-38(50)55-39(4,5)6/h9-10,12-14,20,23-27,31,33H,7-8,11,15-19,21-22H2,1-6H3,(H,43,50)(H,44,47)(H,45,49)/b12-9-/t23-,24+,25+,26+,31-,33-,40+/m0/s1. The molecule has 3 fully saturated rings. The quantitative estimate of drug-likeness (QED) is 0.277. The molecule has 14 nitrogen and oxygen atoms in total. The van der Waals surface area contributed by atoms with Gasteiger partial charge < -0.3 is 29.7 Å². The Kier molecular flexibility index (Phi) is 12.2. The number of pyridine rings is 1. The fourth-order valence-electron chi connectivity index (χ4n) is 7.65. The van der Waals surface area contributed by atoms with E-state index in [1.165, 1.54) is 4.90 Å². The first-order chi connectivity index (χ1) is 26.4. The molecule has 0 bridgehead atoms. The molecule has 306 valence electrons. The number of halogens is 1. The maximum atomic E-state index is 14.8. The number of amides is 4. The van der Waals surface area contributed by atoms with Gasteiger partial charge in [0.15, 0.2) is 0 Å². The molecule has 56 heavy (non-hydrogen) atoms. The summed E-state index contributed by atoms with van der Waals surface area (Å²) in [6, 6.07) is 4.83. The minimum atomic E-state index is -3.91. The van der Waals surface area contributed by atoms with Crippen LogP contribution in [0.2, 0.25) is 5.02 Å². The summed E-state index contributed by atoms with van der Waals surface area (Å²) in [5.74, 6) is -2.13. The summed E-state index contributed by atoms with van der Waals surface area (Å²) in [4.78, 5) is 62.4. The van der Waals surface area contributed by atoms with Crippen LogP contribution in [0.25, 0.3) is 10.8 Å². The second-order valence-corrected chi connectivity index (χ2v) is 19.2. The first-order valence-corrected chi connectivity index (χ1v) is 21.6. The number of hydrogen-bond acceptors (Lipinski definition) is 10. The highest BCUT2D eigenvalue weighted by Crippen LogP contribution is 2.46. The molecule has 6 rings (SSSR count). The Balaban J connectivity index is 1.36. The highest BCUT2D eigenvalue weighted by Gasteiger charge is 2.62. The van der Waals surface area contributed by atoms with E-state index in [0.717, 1.165) is 12.8 Å². The number of rotatable bonds is 9. The van der Waals surface area contributed by atoms with Crippen LogP contribution >= 0.6 is 11.6 Å². The first-order valence-electron chi connectivity index (χ1n) is 19.6. The second kappa shape index (κ2) is 16.4. The van der Waals surface area contributed by atoms with Gasteiger partial charge in [-0.15, -0.1) is 0 Å². The van der Waals surface area contributed by atoms with Gasteiger partial charge in [0.05, 0.1) is 18.4 Å². The van der Waals surface area contributed by atoms with Crippen molar-refractivity contribution in [3.63, 3.8) is 0 Å². The third kappa shape index (κ3) is 9.53. The average molecular weight is 816 g/mol. The summed E-state index contributed by atoms with van der Waals surface area (Å²) in [6.45, 7) is 11.5. The van der Waals surface area contributed by atoms with Crippen molar-refractivity contribution < 1.29 is 41.8 Å². The van der Waals surface area contributed by atoms with Gasteiger partial charge in [0.1, 0.15) is 29.3 Å². The summed E-state index contributed by atoms with van der Waals surface area (Å²) >= 11 is 6.59. The second-order valence-electron chi connectivity index (χ2n) is 16.8. The molecular formula is C40H54ClN5O9S. The predicted octanol–water partition coefficient (Wildman–Crippen LogP) is 5.41. The van der Waals surface area contributed by atoms with E-state index >= 15 is 0 Å². The molecule has 2 aliphatic carbocycles. The van der Waals surface area contributed by atoms with Crippen LogP contribution in [0, 0.1) is 17.8 Å². The smallest absolute Gasteiger partial charge is 0.408 e. The summed E-state index contributed by atoms with van der Waals surface area (Å²) in [5.41, 5.74) is -2.36. The minimum absolute atomic E-state index is 0.00385. The molecule has 0 unspecified atom stereocenters. The van der Waals surface area contributed by atoms with Gasteiger partial charge in [-0.1, -0.05) is 50.6 Å². The lowest BCUT2D eigenvalue weighted by Crippen LogP contribution is -2.59. The number of alkyl carbamates (subject to hydrolysis) is 1. The van der Waals surface area contributed by atoms with Gasteiger partial charge in [-0.2, -0.15) is 4.98 Å². The molecule has 4 amide bonds. The fraction of sp³-hybridized carbons (Fsp3) is 0.625. The van der Waals surface area contributed by atoms with Gasteiger partial charge >= 0.3 is 6.09 Å².